The SMILES string of the molecule is C=CC/C(=C1\CN(Cc2ccccc2)C[C@H]1/C=C/CC)[Si](C)(C)C. The second-order valence-electron chi connectivity index (χ2n) is 7.84. The van der Waals surface area contributed by atoms with Crippen LogP contribution in [0.4, 0.5) is 0 Å². The minimum absolute atomic E-state index is 0.579. The fraction of sp³-hybridized carbons (Fsp3) is 0.455. The molecule has 1 aliphatic rings. The Balaban J connectivity index is 2.29. The molecule has 2 rings (SSSR count). The quantitative estimate of drug-likeness (QED) is 0.446. The van der Waals surface area contributed by atoms with E-state index in [0.717, 1.165) is 32.5 Å². The predicted molar refractivity (Wildman–Crippen MR) is 110 cm³/mol. The van der Waals surface area contributed by atoms with Gasteiger partial charge in [-0.15, -0.1) is 6.58 Å². The summed E-state index contributed by atoms with van der Waals surface area (Å²) in [6.45, 7) is 17.0. The lowest BCUT2D eigenvalue weighted by Gasteiger charge is -2.25. The van der Waals surface area contributed by atoms with E-state index in [1.807, 2.05) is 0 Å². The molecule has 0 saturated carbocycles. The summed E-state index contributed by atoms with van der Waals surface area (Å²) in [7, 11) is -1.33. The van der Waals surface area contributed by atoms with Gasteiger partial charge in [0.05, 0.1) is 8.07 Å². The Hall–Kier alpha value is -1.38. The molecule has 1 fully saturated rings. The van der Waals surface area contributed by atoms with Crippen molar-refractivity contribution < 1.29 is 0 Å². The van der Waals surface area contributed by atoms with Gasteiger partial charge in [0, 0.05) is 25.6 Å². The van der Waals surface area contributed by atoms with Crippen molar-refractivity contribution in [3.8, 4) is 0 Å². The van der Waals surface area contributed by atoms with Crippen molar-refractivity contribution in [3.05, 3.63) is 71.5 Å². The van der Waals surface area contributed by atoms with Crippen molar-refractivity contribution >= 4 is 8.07 Å². The van der Waals surface area contributed by atoms with Gasteiger partial charge in [0.1, 0.15) is 0 Å². The van der Waals surface area contributed by atoms with Crippen molar-refractivity contribution in [2.24, 2.45) is 5.92 Å². The summed E-state index contributed by atoms with van der Waals surface area (Å²) >= 11 is 0. The van der Waals surface area contributed by atoms with E-state index in [0.29, 0.717) is 5.92 Å². The largest absolute Gasteiger partial charge is 0.294 e. The summed E-state index contributed by atoms with van der Waals surface area (Å²) in [5.41, 5.74) is 3.09. The van der Waals surface area contributed by atoms with E-state index in [2.05, 4.69) is 86.6 Å². The third-order valence-corrected chi connectivity index (χ3v) is 7.13. The average Bonchev–Trinajstić information content (AvgIpc) is 2.92. The fourth-order valence-electron chi connectivity index (χ4n) is 3.63. The molecular formula is C22H33NSi. The van der Waals surface area contributed by atoms with Crippen LogP contribution in [0.25, 0.3) is 0 Å². The van der Waals surface area contributed by atoms with Gasteiger partial charge < -0.3 is 0 Å². The lowest BCUT2D eigenvalue weighted by atomic mass is 10.0. The van der Waals surface area contributed by atoms with Gasteiger partial charge in [-0.2, -0.15) is 0 Å². The molecule has 0 N–H and O–H groups in total. The van der Waals surface area contributed by atoms with Crippen LogP contribution in [-0.2, 0) is 6.54 Å². The van der Waals surface area contributed by atoms with E-state index < -0.39 is 8.07 Å². The molecule has 1 aliphatic heterocycles. The van der Waals surface area contributed by atoms with E-state index >= 15 is 0 Å². The summed E-state index contributed by atoms with van der Waals surface area (Å²) in [4.78, 5) is 2.61. The Kier molecular flexibility index (Phi) is 6.82. The second kappa shape index (κ2) is 8.64. The smallest absolute Gasteiger partial charge is 0.0728 e. The maximum atomic E-state index is 4.02. The van der Waals surface area contributed by atoms with Crippen molar-refractivity contribution in [1.29, 1.82) is 0 Å². The van der Waals surface area contributed by atoms with Crippen LogP contribution in [0.15, 0.2) is 65.9 Å². The van der Waals surface area contributed by atoms with Gasteiger partial charge in [-0.1, -0.05) is 85.9 Å². The number of benzene rings is 1. The number of rotatable bonds is 7. The summed E-state index contributed by atoms with van der Waals surface area (Å²) < 4.78 is 0. The number of allylic oxidation sites excluding steroid dienone is 3. The summed E-state index contributed by atoms with van der Waals surface area (Å²) in [6, 6.07) is 10.9. The summed E-state index contributed by atoms with van der Waals surface area (Å²) in [5, 5.41) is 1.71. The number of likely N-dealkylation sites (tertiary alicyclic amines) is 1. The van der Waals surface area contributed by atoms with Crippen LogP contribution in [-0.4, -0.2) is 26.1 Å². The topological polar surface area (TPSA) is 3.24 Å². The minimum atomic E-state index is -1.33. The molecule has 1 nitrogen and oxygen atoms in total. The lowest BCUT2D eigenvalue weighted by Crippen LogP contribution is -2.27. The van der Waals surface area contributed by atoms with Gasteiger partial charge in [-0.25, -0.2) is 0 Å². The molecule has 0 spiro atoms. The molecule has 1 saturated heterocycles. The molecule has 1 aromatic rings. The predicted octanol–water partition coefficient (Wildman–Crippen LogP) is 5.83. The fourth-order valence-corrected chi connectivity index (χ4v) is 5.62. The highest BCUT2D eigenvalue weighted by Crippen LogP contribution is 2.33. The molecule has 0 radical (unpaired) electrons. The zero-order valence-electron chi connectivity index (χ0n) is 15.9. The van der Waals surface area contributed by atoms with E-state index in [4.69, 9.17) is 0 Å². The van der Waals surface area contributed by atoms with E-state index in [1.165, 1.54) is 5.56 Å². The number of hydrogen-bond donors (Lipinski definition) is 0. The van der Waals surface area contributed by atoms with Crippen LogP contribution in [0, 0.1) is 5.92 Å². The molecule has 130 valence electrons. The van der Waals surface area contributed by atoms with Crippen LogP contribution >= 0.6 is 0 Å². The number of nitrogens with zero attached hydrogens (tertiary/aromatic N) is 1. The van der Waals surface area contributed by atoms with Crippen molar-refractivity contribution in [2.45, 2.75) is 46.0 Å². The Morgan fingerprint density at radius 2 is 1.96 bits per heavy atom. The molecular weight excluding hydrogens is 306 g/mol. The van der Waals surface area contributed by atoms with E-state index in [9.17, 15) is 0 Å². The molecule has 2 heteroatoms. The van der Waals surface area contributed by atoms with Crippen molar-refractivity contribution in [3.63, 3.8) is 0 Å². The third-order valence-electron chi connectivity index (χ3n) is 4.79. The molecule has 0 aliphatic carbocycles. The van der Waals surface area contributed by atoms with Gasteiger partial charge in [0.15, 0.2) is 0 Å². The molecule has 0 unspecified atom stereocenters. The first-order chi connectivity index (χ1) is 11.5. The third kappa shape index (κ3) is 5.06. The first-order valence-corrected chi connectivity index (χ1v) is 12.7. The normalized spacial score (nSPS) is 21.4. The zero-order valence-corrected chi connectivity index (χ0v) is 16.9. The molecule has 0 amide bonds. The van der Waals surface area contributed by atoms with Gasteiger partial charge in [0.25, 0.3) is 0 Å². The van der Waals surface area contributed by atoms with Crippen molar-refractivity contribution in [2.75, 3.05) is 13.1 Å². The minimum Gasteiger partial charge on any atom is -0.294 e. The van der Waals surface area contributed by atoms with Crippen LogP contribution < -0.4 is 0 Å². The van der Waals surface area contributed by atoms with Gasteiger partial charge in [0.2, 0.25) is 0 Å². The van der Waals surface area contributed by atoms with E-state index in [-0.39, 0.29) is 0 Å². The molecule has 0 aromatic heterocycles. The lowest BCUT2D eigenvalue weighted by molar-refractivity contribution is 0.327. The highest BCUT2D eigenvalue weighted by atomic mass is 28.3. The van der Waals surface area contributed by atoms with E-state index in [1.54, 1.807) is 10.8 Å². The Morgan fingerprint density at radius 1 is 1.25 bits per heavy atom. The Labute approximate surface area is 149 Å². The first-order valence-electron chi connectivity index (χ1n) is 9.22. The van der Waals surface area contributed by atoms with Crippen LogP contribution in [0.3, 0.4) is 0 Å². The maximum Gasteiger partial charge on any atom is 0.0728 e. The Bertz CT molecular complexity index is 592. The van der Waals surface area contributed by atoms with Crippen LogP contribution in [0.1, 0.15) is 25.3 Å². The average molecular weight is 340 g/mol. The first kappa shape index (κ1) is 18.9. The van der Waals surface area contributed by atoms with Crippen LogP contribution in [0.5, 0.6) is 0 Å². The molecule has 1 aromatic carbocycles. The van der Waals surface area contributed by atoms with Gasteiger partial charge >= 0.3 is 0 Å². The second-order valence-corrected chi connectivity index (χ2v) is 12.9. The maximum absolute atomic E-state index is 4.02. The summed E-state index contributed by atoms with van der Waals surface area (Å²) in [6.07, 6.45) is 9.06. The summed E-state index contributed by atoms with van der Waals surface area (Å²) in [5.74, 6) is 0.579. The molecule has 24 heavy (non-hydrogen) atoms. The standard InChI is InChI=1S/C22H33NSi/c1-6-8-15-20-17-23(16-19-13-10-9-11-14-19)18-21(20)22(12-7-2)24(3,4)5/h7-11,13-15,20H,2,6,12,16-18H2,1,3-5H3/b15-8+,22-21-/t20-/m1/s1. The molecule has 1 heterocycles. The highest BCUT2D eigenvalue weighted by molar-refractivity contribution is 6.83. The highest BCUT2D eigenvalue weighted by Gasteiger charge is 2.31. The van der Waals surface area contributed by atoms with Gasteiger partial charge in [-0.3, -0.25) is 4.90 Å². The number of hydrogen-bond acceptors (Lipinski definition) is 1. The molecule has 0 bridgehead atoms. The molecule has 1 atom stereocenters. The monoisotopic (exact) mass is 339 g/mol. The zero-order chi connectivity index (χ0) is 17.6. The van der Waals surface area contributed by atoms with Crippen LogP contribution in [0.2, 0.25) is 19.6 Å². The van der Waals surface area contributed by atoms with Gasteiger partial charge in [-0.05, 0) is 18.4 Å². The Morgan fingerprint density at radius 3 is 2.54 bits per heavy atom. The van der Waals surface area contributed by atoms with Crippen molar-refractivity contribution in [1.82, 2.24) is 4.90 Å².